The number of aryl methyl sites for hydroxylation is 1. The van der Waals surface area contributed by atoms with E-state index in [0.29, 0.717) is 0 Å². The van der Waals surface area contributed by atoms with Gasteiger partial charge in [0.25, 0.3) is 0 Å². The molecule has 3 heterocycles. The second kappa shape index (κ2) is 7.41. The number of rotatable bonds is 6. The van der Waals surface area contributed by atoms with Gasteiger partial charge in [-0.05, 0) is 56.0 Å². The van der Waals surface area contributed by atoms with Gasteiger partial charge in [-0.1, -0.05) is 0 Å². The van der Waals surface area contributed by atoms with Crippen molar-refractivity contribution in [2.75, 3.05) is 17.2 Å². The first-order valence-electron chi connectivity index (χ1n) is 9.61. The standard InChI is InChI=1S/C20H21N7OS/c1-13-10-17(25-24-13)23-19-12-26(11-18-21-8-9-27(18)19)29-16-6-4-15(5-7-16)22-20(28)14-2-3-14/h4-10,12,14H,2-3,11H2,1H3,(H,22,28)(H2,23,24,25)/p+1. The number of aliphatic imine (C=N–C) groups is 1. The van der Waals surface area contributed by atoms with Crippen LogP contribution in [0.4, 0.5) is 11.5 Å². The summed E-state index contributed by atoms with van der Waals surface area (Å²) in [6.45, 7) is 2.69. The molecule has 1 unspecified atom stereocenters. The minimum atomic E-state index is 0.128. The quantitative estimate of drug-likeness (QED) is 0.550. The number of quaternary nitrogens is 1. The Balaban J connectivity index is 1.29. The van der Waals surface area contributed by atoms with Gasteiger partial charge in [0.15, 0.2) is 5.82 Å². The van der Waals surface area contributed by atoms with E-state index in [9.17, 15) is 4.79 Å². The van der Waals surface area contributed by atoms with E-state index in [1.54, 1.807) is 11.9 Å². The molecule has 1 saturated carbocycles. The highest BCUT2D eigenvalue weighted by Crippen LogP contribution is 2.31. The summed E-state index contributed by atoms with van der Waals surface area (Å²) >= 11 is 1.63. The Morgan fingerprint density at radius 3 is 2.86 bits per heavy atom. The molecular weight excluding hydrogens is 386 g/mol. The summed E-state index contributed by atoms with van der Waals surface area (Å²) < 4.78 is 2.15. The fourth-order valence-electron chi connectivity index (χ4n) is 3.25. The van der Waals surface area contributed by atoms with Crippen molar-refractivity contribution in [1.82, 2.24) is 14.5 Å². The number of benzene rings is 1. The monoisotopic (exact) mass is 408 g/mol. The van der Waals surface area contributed by atoms with E-state index in [1.165, 1.54) is 0 Å². The molecule has 0 radical (unpaired) electrons. The molecule has 4 N–H and O–H groups in total. The summed E-state index contributed by atoms with van der Waals surface area (Å²) in [7, 11) is 0. The first-order valence-corrected chi connectivity index (χ1v) is 10.4. The van der Waals surface area contributed by atoms with Crippen molar-refractivity contribution < 1.29 is 9.69 Å². The number of hydrogen-bond donors (Lipinski definition) is 4. The molecule has 0 spiro atoms. The van der Waals surface area contributed by atoms with Crippen molar-refractivity contribution in [2.45, 2.75) is 24.7 Å². The van der Waals surface area contributed by atoms with Crippen LogP contribution in [0.5, 0.6) is 0 Å². The minimum Gasteiger partial charge on any atom is -0.326 e. The number of carbonyl (C=O) groups is 1. The molecule has 1 aromatic heterocycles. The SMILES string of the molecule is Cc1cc(NC2=CN(Sc3ccc(NC(=O)C4CC4)cc3)CC3=NC=C[NH+]23)n[nH]1. The number of aromatic nitrogens is 2. The summed E-state index contributed by atoms with van der Waals surface area (Å²) in [5.74, 6) is 3.11. The number of amides is 1. The summed E-state index contributed by atoms with van der Waals surface area (Å²) in [6, 6.07) is 9.93. The normalized spacial score (nSPS) is 20.2. The first-order chi connectivity index (χ1) is 14.1. The van der Waals surface area contributed by atoms with Gasteiger partial charge in [0.05, 0.1) is 12.4 Å². The predicted octanol–water partition coefficient (Wildman–Crippen LogP) is 2.07. The third-order valence-electron chi connectivity index (χ3n) is 4.91. The summed E-state index contributed by atoms with van der Waals surface area (Å²) in [5.41, 5.74) is 1.85. The summed E-state index contributed by atoms with van der Waals surface area (Å²) in [4.78, 5) is 18.6. The molecule has 1 amide bonds. The van der Waals surface area contributed by atoms with Crippen molar-refractivity contribution >= 4 is 35.2 Å². The lowest BCUT2D eigenvalue weighted by Crippen LogP contribution is -3.10. The molecule has 2 aliphatic heterocycles. The number of anilines is 2. The van der Waals surface area contributed by atoms with Gasteiger partial charge < -0.3 is 5.32 Å². The van der Waals surface area contributed by atoms with Crippen LogP contribution in [0.25, 0.3) is 0 Å². The maximum atomic E-state index is 11.9. The van der Waals surface area contributed by atoms with Crippen molar-refractivity contribution in [2.24, 2.45) is 10.9 Å². The lowest BCUT2D eigenvalue weighted by Gasteiger charge is -2.27. The van der Waals surface area contributed by atoms with Gasteiger partial charge in [0, 0.05) is 28.3 Å². The number of nitrogens with zero attached hydrogens (tertiary/aromatic N) is 3. The Morgan fingerprint density at radius 2 is 2.14 bits per heavy atom. The molecule has 29 heavy (non-hydrogen) atoms. The number of fused-ring (bicyclic) bond motifs is 1. The van der Waals surface area contributed by atoms with Crippen molar-refractivity contribution in [3.05, 3.63) is 60.4 Å². The van der Waals surface area contributed by atoms with E-state index in [-0.39, 0.29) is 11.8 Å². The number of carbonyl (C=O) groups excluding carboxylic acids is 1. The molecule has 9 heteroatoms. The van der Waals surface area contributed by atoms with E-state index in [2.05, 4.69) is 36.3 Å². The van der Waals surface area contributed by atoms with Gasteiger partial charge in [0.2, 0.25) is 17.6 Å². The maximum Gasteiger partial charge on any atom is 0.233 e. The highest BCUT2D eigenvalue weighted by Gasteiger charge is 2.32. The maximum absolute atomic E-state index is 11.9. The molecule has 148 valence electrons. The van der Waals surface area contributed by atoms with Gasteiger partial charge in [-0.25, -0.2) is 9.89 Å². The smallest absolute Gasteiger partial charge is 0.233 e. The van der Waals surface area contributed by atoms with Crippen LogP contribution >= 0.6 is 11.9 Å². The third-order valence-corrected chi connectivity index (χ3v) is 5.86. The largest absolute Gasteiger partial charge is 0.326 e. The molecule has 0 saturated heterocycles. The molecule has 1 aliphatic carbocycles. The second-order valence-corrected chi connectivity index (χ2v) is 8.49. The fraction of sp³-hybridized carbons (Fsp3) is 0.250. The number of nitrogens with one attached hydrogen (secondary N) is 4. The number of amidine groups is 1. The number of aromatic amines is 1. The van der Waals surface area contributed by atoms with Gasteiger partial charge >= 0.3 is 0 Å². The molecule has 5 rings (SSSR count). The van der Waals surface area contributed by atoms with Crippen LogP contribution in [-0.4, -0.2) is 32.8 Å². The highest BCUT2D eigenvalue weighted by atomic mass is 32.2. The van der Waals surface area contributed by atoms with Crippen molar-refractivity contribution in [1.29, 1.82) is 0 Å². The zero-order valence-corrected chi connectivity index (χ0v) is 16.8. The zero-order chi connectivity index (χ0) is 19.8. The predicted molar refractivity (Wildman–Crippen MR) is 113 cm³/mol. The molecule has 1 aromatic carbocycles. The number of H-pyrrole nitrogens is 1. The average molecular weight is 409 g/mol. The zero-order valence-electron chi connectivity index (χ0n) is 16.0. The van der Waals surface area contributed by atoms with Crippen LogP contribution in [0.2, 0.25) is 0 Å². The van der Waals surface area contributed by atoms with E-state index in [4.69, 9.17) is 0 Å². The molecular formula is C20H22N7OS+. The minimum absolute atomic E-state index is 0.128. The lowest BCUT2D eigenvalue weighted by atomic mass is 10.3. The van der Waals surface area contributed by atoms with Crippen LogP contribution in [0, 0.1) is 12.8 Å². The van der Waals surface area contributed by atoms with Crippen molar-refractivity contribution in [3.63, 3.8) is 0 Å². The average Bonchev–Trinajstić information content (AvgIpc) is 3.32. The van der Waals surface area contributed by atoms with Crippen LogP contribution in [-0.2, 0) is 4.79 Å². The Labute approximate surface area is 172 Å². The van der Waals surface area contributed by atoms with E-state index < -0.39 is 0 Å². The molecule has 0 bridgehead atoms. The van der Waals surface area contributed by atoms with Crippen molar-refractivity contribution in [3.8, 4) is 0 Å². The molecule has 1 fully saturated rings. The Kier molecular flexibility index (Phi) is 4.61. The fourth-order valence-corrected chi connectivity index (χ4v) is 4.12. The Hall–Kier alpha value is -3.04. The Bertz CT molecular complexity index is 1020. The molecule has 3 aliphatic rings. The number of hydrogen-bond acceptors (Lipinski definition) is 6. The van der Waals surface area contributed by atoms with E-state index in [0.717, 1.165) is 58.0 Å². The van der Waals surface area contributed by atoms with E-state index >= 15 is 0 Å². The summed E-state index contributed by atoms with van der Waals surface area (Å²) in [6.07, 6.45) is 7.95. The van der Waals surface area contributed by atoms with Crippen LogP contribution in [0.15, 0.2) is 64.6 Å². The topological polar surface area (TPSA) is 89.8 Å². The van der Waals surface area contributed by atoms with Crippen LogP contribution in [0.3, 0.4) is 0 Å². The Morgan fingerprint density at radius 1 is 1.31 bits per heavy atom. The lowest BCUT2D eigenvalue weighted by molar-refractivity contribution is -0.699. The second-order valence-electron chi connectivity index (χ2n) is 7.36. The van der Waals surface area contributed by atoms with Gasteiger partial charge in [-0.2, -0.15) is 5.10 Å². The molecule has 8 nitrogen and oxygen atoms in total. The highest BCUT2D eigenvalue weighted by molar-refractivity contribution is 7.97. The summed E-state index contributed by atoms with van der Waals surface area (Å²) in [5, 5.41) is 13.6. The van der Waals surface area contributed by atoms with Gasteiger partial charge in [-0.3, -0.25) is 19.5 Å². The first kappa shape index (κ1) is 18.0. The molecule has 1 atom stereocenters. The third kappa shape index (κ3) is 4.06. The molecule has 2 aromatic rings. The van der Waals surface area contributed by atoms with Crippen LogP contribution in [0.1, 0.15) is 18.5 Å². The van der Waals surface area contributed by atoms with Gasteiger partial charge in [-0.15, -0.1) is 0 Å². The van der Waals surface area contributed by atoms with Gasteiger partial charge in [0.1, 0.15) is 12.7 Å². The van der Waals surface area contributed by atoms with Crippen LogP contribution < -0.4 is 15.5 Å². The van der Waals surface area contributed by atoms with E-state index in [1.807, 2.05) is 49.7 Å².